The van der Waals surface area contributed by atoms with Crippen LogP contribution in [0.3, 0.4) is 0 Å². The lowest BCUT2D eigenvalue weighted by Crippen LogP contribution is -2.34. The van der Waals surface area contributed by atoms with E-state index in [0.717, 1.165) is 0 Å². The molecule has 0 bridgehead atoms. The Morgan fingerprint density at radius 3 is 2.46 bits per heavy atom. The van der Waals surface area contributed by atoms with Crippen molar-refractivity contribution in [1.29, 1.82) is 0 Å². The zero-order valence-electron chi connectivity index (χ0n) is 14.5. The van der Waals surface area contributed by atoms with Crippen LogP contribution >= 0.6 is 11.6 Å². The fourth-order valence-corrected chi connectivity index (χ4v) is 2.98. The summed E-state index contributed by atoms with van der Waals surface area (Å²) in [7, 11) is 4.53. The third-order valence-corrected chi connectivity index (χ3v) is 4.56. The fourth-order valence-electron chi connectivity index (χ4n) is 2.85. The number of aryl methyl sites for hydroxylation is 1. The van der Waals surface area contributed by atoms with E-state index >= 15 is 0 Å². The van der Waals surface area contributed by atoms with Crippen molar-refractivity contribution in [2.24, 2.45) is 7.05 Å². The number of fused-ring (bicyclic) bond motifs is 1. The van der Waals surface area contributed by atoms with E-state index in [1.165, 1.54) is 23.6 Å². The minimum Gasteiger partial charge on any atom is -0.506 e. The van der Waals surface area contributed by atoms with Gasteiger partial charge in [-0.25, -0.2) is 0 Å². The number of carbonyl (C=O) groups excluding carboxylic acids is 1. The van der Waals surface area contributed by atoms with Gasteiger partial charge in [0.2, 0.25) is 0 Å². The molecule has 0 aliphatic heterocycles. The van der Waals surface area contributed by atoms with Crippen LogP contribution in [-0.4, -0.2) is 29.7 Å². The standard InChI is InChI=1S/C19H17ClN2O4/c1-21(12-9-7-11(20)8-10-12)18(24)16-17(23)15-13(22(2)19(16)25)5-4-6-14(15)26-3/h4-10,23H,1-3H3. The van der Waals surface area contributed by atoms with Gasteiger partial charge in [0.25, 0.3) is 11.5 Å². The average molecular weight is 373 g/mol. The Morgan fingerprint density at radius 1 is 1.19 bits per heavy atom. The number of halogens is 1. The van der Waals surface area contributed by atoms with Gasteiger partial charge >= 0.3 is 0 Å². The van der Waals surface area contributed by atoms with Gasteiger partial charge in [-0.3, -0.25) is 9.59 Å². The second kappa shape index (κ2) is 6.72. The van der Waals surface area contributed by atoms with Gasteiger partial charge in [0.05, 0.1) is 18.0 Å². The summed E-state index contributed by atoms with van der Waals surface area (Å²) in [5.74, 6) is -0.650. The first-order chi connectivity index (χ1) is 12.4. The van der Waals surface area contributed by atoms with Gasteiger partial charge in [-0.15, -0.1) is 0 Å². The van der Waals surface area contributed by atoms with Crippen LogP contribution in [0.5, 0.6) is 11.5 Å². The summed E-state index contributed by atoms with van der Waals surface area (Å²) < 4.78 is 6.60. The molecule has 0 atom stereocenters. The van der Waals surface area contributed by atoms with Crippen LogP contribution in [0.4, 0.5) is 5.69 Å². The Bertz CT molecular complexity index is 1060. The van der Waals surface area contributed by atoms with E-state index in [4.69, 9.17) is 16.3 Å². The maximum Gasteiger partial charge on any atom is 0.267 e. The molecule has 6 nitrogen and oxygen atoms in total. The van der Waals surface area contributed by atoms with Crippen LogP contribution in [0.2, 0.25) is 5.02 Å². The highest BCUT2D eigenvalue weighted by atomic mass is 35.5. The molecule has 26 heavy (non-hydrogen) atoms. The lowest BCUT2D eigenvalue weighted by atomic mass is 10.1. The summed E-state index contributed by atoms with van der Waals surface area (Å²) in [5.41, 5.74) is 0.106. The topological polar surface area (TPSA) is 71.8 Å². The number of anilines is 1. The quantitative estimate of drug-likeness (QED) is 0.766. The number of methoxy groups -OCH3 is 1. The molecule has 0 aliphatic carbocycles. The minimum absolute atomic E-state index is 0.310. The van der Waals surface area contributed by atoms with Crippen molar-refractivity contribution in [3.8, 4) is 11.5 Å². The van der Waals surface area contributed by atoms with Gasteiger partial charge in [-0.05, 0) is 36.4 Å². The molecule has 3 aromatic rings. The van der Waals surface area contributed by atoms with Crippen molar-refractivity contribution in [2.45, 2.75) is 0 Å². The van der Waals surface area contributed by atoms with Gasteiger partial charge in [0.1, 0.15) is 17.1 Å². The number of nitrogens with zero attached hydrogens (tertiary/aromatic N) is 2. The minimum atomic E-state index is -0.627. The highest BCUT2D eigenvalue weighted by Gasteiger charge is 2.26. The van der Waals surface area contributed by atoms with Crippen LogP contribution < -0.4 is 15.2 Å². The van der Waals surface area contributed by atoms with Crippen LogP contribution in [-0.2, 0) is 7.05 Å². The number of aromatic nitrogens is 1. The first-order valence-electron chi connectivity index (χ1n) is 7.79. The average Bonchev–Trinajstić information content (AvgIpc) is 2.65. The molecule has 7 heteroatoms. The third kappa shape index (κ3) is 2.78. The molecular weight excluding hydrogens is 356 g/mol. The molecular formula is C19H17ClN2O4. The van der Waals surface area contributed by atoms with Crippen molar-refractivity contribution in [3.05, 3.63) is 63.4 Å². The molecule has 1 amide bonds. The molecule has 0 saturated carbocycles. The summed E-state index contributed by atoms with van der Waals surface area (Å²) >= 11 is 5.87. The lowest BCUT2D eigenvalue weighted by molar-refractivity contribution is 0.0988. The predicted octanol–water partition coefficient (Wildman–Crippen LogP) is 3.18. The zero-order chi connectivity index (χ0) is 19.0. The van der Waals surface area contributed by atoms with Gasteiger partial charge < -0.3 is 19.3 Å². The van der Waals surface area contributed by atoms with Gasteiger partial charge in [-0.1, -0.05) is 17.7 Å². The Balaban J connectivity index is 2.23. The number of amides is 1. The number of carbonyl (C=O) groups is 1. The number of rotatable bonds is 3. The number of pyridine rings is 1. The van der Waals surface area contributed by atoms with Crippen molar-refractivity contribution in [3.63, 3.8) is 0 Å². The van der Waals surface area contributed by atoms with Crippen molar-refractivity contribution in [2.75, 3.05) is 19.1 Å². The van der Waals surface area contributed by atoms with E-state index < -0.39 is 17.2 Å². The largest absolute Gasteiger partial charge is 0.506 e. The number of hydrogen-bond donors (Lipinski definition) is 1. The summed E-state index contributed by atoms with van der Waals surface area (Å²) in [6.45, 7) is 0. The molecule has 0 radical (unpaired) electrons. The molecule has 0 unspecified atom stereocenters. The summed E-state index contributed by atoms with van der Waals surface area (Å²) in [6, 6.07) is 11.6. The second-order valence-corrected chi connectivity index (χ2v) is 6.22. The van der Waals surface area contributed by atoms with E-state index in [2.05, 4.69) is 0 Å². The molecule has 1 heterocycles. The van der Waals surface area contributed by atoms with E-state index in [1.54, 1.807) is 49.5 Å². The van der Waals surface area contributed by atoms with Crippen molar-refractivity contribution >= 4 is 34.1 Å². The molecule has 0 saturated heterocycles. The number of benzene rings is 2. The van der Waals surface area contributed by atoms with Crippen LogP contribution in [0.15, 0.2) is 47.3 Å². The maximum atomic E-state index is 12.9. The SMILES string of the molecule is COc1cccc2c1c(O)c(C(=O)N(C)c1ccc(Cl)cc1)c(=O)n2C. The maximum absolute atomic E-state index is 12.9. The van der Waals surface area contributed by atoms with E-state index in [0.29, 0.717) is 27.4 Å². The summed E-state index contributed by atoms with van der Waals surface area (Å²) in [4.78, 5) is 27.0. The number of ether oxygens (including phenoxy) is 1. The Hall–Kier alpha value is -2.99. The Morgan fingerprint density at radius 2 is 1.85 bits per heavy atom. The Kier molecular flexibility index (Phi) is 4.61. The molecule has 3 rings (SSSR count). The van der Waals surface area contributed by atoms with E-state index in [1.807, 2.05) is 0 Å². The zero-order valence-corrected chi connectivity index (χ0v) is 15.2. The van der Waals surface area contributed by atoms with Crippen LogP contribution in [0.1, 0.15) is 10.4 Å². The molecule has 0 aliphatic rings. The lowest BCUT2D eigenvalue weighted by Gasteiger charge is -2.19. The normalized spacial score (nSPS) is 10.8. The van der Waals surface area contributed by atoms with Crippen LogP contribution in [0, 0.1) is 0 Å². The smallest absolute Gasteiger partial charge is 0.267 e. The molecule has 0 fully saturated rings. The predicted molar refractivity (Wildman–Crippen MR) is 102 cm³/mol. The molecule has 2 aromatic carbocycles. The summed E-state index contributed by atoms with van der Waals surface area (Å²) in [5, 5.41) is 11.6. The number of aromatic hydroxyl groups is 1. The highest BCUT2D eigenvalue weighted by molar-refractivity contribution is 6.30. The van der Waals surface area contributed by atoms with Crippen molar-refractivity contribution < 1.29 is 14.6 Å². The van der Waals surface area contributed by atoms with Gasteiger partial charge in [0, 0.05) is 24.8 Å². The molecule has 0 spiro atoms. The first kappa shape index (κ1) is 17.8. The highest BCUT2D eigenvalue weighted by Crippen LogP contribution is 2.34. The van der Waals surface area contributed by atoms with Gasteiger partial charge in [-0.2, -0.15) is 0 Å². The van der Waals surface area contributed by atoms with Gasteiger partial charge in [0.15, 0.2) is 0 Å². The fraction of sp³-hybridized carbons (Fsp3) is 0.158. The van der Waals surface area contributed by atoms with Crippen LogP contribution in [0.25, 0.3) is 10.9 Å². The second-order valence-electron chi connectivity index (χ2n) is 5.78. The molecule has 134 valence electrons. The summed E-state index contributed by atoms with van der Waals surface area (Å²) in [6.07, 6.45) is 0. The van der Waals surface area contributed by atoms with E-state index in [9.17, 15) is 14.7 Å². The molecule has 1 aromatic heterocycles. The van der Waals surface area contributed by atoms with Crippen molar-refractivity contribution in [1.82, 2.24) is 4.57 Å². The molecule has 1 N–H and O–H groups in total. The monoisotopic (exact) mass is 372 g/mol. The number of hydrogen-bond acceptors (Lipinski definition) is 4. The first-order valence-corrected chi connectivity index (χ1v) is 8.17. The third-order valence-electron chi connectivity index (χ3n) is 4.31. The van der Waals surface area contributed by atoms with E-state index in [-0.39, 0.29) is 5.56 Å². The Labute approximate surface area is 154 Å².